The smallest absolute Gasteiger partial charge is 0.149 e. The third-order valence-corrected chi connectivity index (χ3v) is 2.22. The summed E-state index contributed by atoms with van der Waals surface area (Å²) < 4.78 is 0. The lowest BCUT2D eigenvalue weighted by Crippen LogP contribution is -2.24. The molecule has 0 fully saturated rings. The quantitative estimate of drug-likeness (QED) is 0.526. The van der Waals surface area contributed by atoms with Crippen LogP contribution in [0.5, 0.6) is 0 Å². The Hall–Kier alpha value is -1.64. The van der Waals surface area contributed by atoms with Crippen molar-refractivity contribution in [3.8, 4) is 0 Å². The molecule has 0 amide bonds. The van der Waals surface area contributed by atoms with Crippen molar-refractivity contribution in [1.82, 2.24) is 5.43 Å². The number of rotatable bonds is 1. The van der Waals surface area contributed by atoms with Crippen molar-refractivity contribution in [2.75, 3.05) is 6.54 Å². The zero-order valence-corrected chi connectivity index (χ0v) is 8.20. The first-order valence-corrected chi connectivity index (χ1v) is 4.78. The van der Waals surface area contributed by atoms with Gasteiger partial charge in [-0.05, 0) is 18.9 Å². The maximum Gasteiger partial charge on any atom is 0.149 e. The van der Waals surface area contributed by atoms with Crippen LogP contribution < -0.4 is 5.43 Å². The van der Waals surface area contributed by atoms with Gasteiger partial charge in [0.25, 0.3) is 0 Å². The number of nitrogens with zero attached hydrogens (tertiary/aromatic N) is 2. The molecule has 2 rings (SSSR count). The highest BCUT2D eigenvalue weighted by molar-refractivity contribution is 6.00. The SMILES string of the molecule is C/C=N/NC1=NCCc2ccccc21. The minimum atomic E-state index is 0.846. The molecule has 0 aliphatic carbocycles. The number of amidine groups is 1. The average molecular weight is 187 g/mol. The fourth-order valence-corrected chi connectivity index (χ4v) is 1.56. The molecule has 1 aromatic carbocycles. The first kappa shape index (κ1) is 8.94. The normalized spacial score (nSPS) is 15.1. The molecule has 0 bridgehead atoms. The number of aliphatic imine (C=N–C) groups is 1. The minimum absolute atomic E-state index is 0.846. The van der Waals surface area contributed by atoms with Gasteiger partial charge in [-0.25, -0.2) is 0 Å². The Kier molecular flexibility index (Phi) is 2.58. The number of hydrogen-bond acceptors (Lipinski definition) is 3. The molecule has 1 N–H and O–H groups in total. The van der Waals surface area contributed by atoms with Crippen LogP contribution in [0.15, 0.2) is 34.4 Å². The topological polar surface area (TPSA) is 36.8 Å². The Bertz CT molecular complexity index is 380. The van der Waals surface area contributed by atoms with Gasteiger partial charge in [0.1, 0.15) is 5.84 Å². The molecule has 0 atom stereocenters. The predicted octanol–water partition coefficient (Wildman–Crippen LogP) is 1.58. The third-order valence-electron chi connectivity index (χ3n) is 2.22. The van der Waals surface area contributed by atoms with E-state index in [9.17, 15) is 0 Å². The summed E-state index contributed by atoms with van der Waals surface area (Å²) in [5, 5.41) is 3.99. The zero-order chi connectivity index (χ0) is 9.80. The lowest BCUT2D eigenvalue weighted by molar-refractivity contribution is 0.901. The van der Waals surface area contributed by atoms with Crippen LogP contribution in [0, 0.1) is 0 Å². The summed E-state index contributed by atoms with van der Waals surface area (Å²) in [6, 6.07) is 8.30. The molecule has 0 spiro atoms. The van der Waals surface area contributed by atoms with Crippen LogP contribution in [-0.2, 0) is 6.42 Å². The molecule has 72 valence electrons. The molecule has 0 saturated carbocycles. The highest BCUT2D eigenvalue weighted by Crippen LogP contribution is 2.14. The van der Waals surface area contributed by atoms with Gasteiger partial charge in [-0.1, -0.05) is 24.3 Å². The highest BCUT2D eigenvalue weighted by atomic mass is 15.3. The van der Waals surface area contributed by atoms with Crippen LogP contribution in [-0.4, -0.2) is 18.6 Å². The van der Waals surface area contributed by atoms with Crippen molar-refractivity contribution in [2.45, 2.75) is 13.3 Å². The standard InChI is InChI=1S/C11H13N3/c1-2-13-14-11-10-6-4-3-5-9(10)7-8-12-11/h2-6H,7-8H2,1H3,(H,12,14)/b13-2+. The van der Waals surface area contributed by atoms with Gasteiger partial charge in [0.15, 0.2) is 0 Å². The van der Waals surface area contributed by atoms with E-state index < -0.39 is 0 Å². The maximum absolute atomic E-state index is 4.40. The second-order valence-electron chi connectivity index (χ2n) is 3.14. The van der Waals surface area contributed by atoms with Gasteiger partial charge < -0.3 is 0 Å². The lowest BCUT2D eigenvalue weighted by atomic mass is 10.0. The molecule has 0 aromatic heterocycles. The number of hydrogen-bond donors (Lipinski definition) is 1. The molecule has 14 heavy (non-hydrogen) atoms. The monoisotopic (exact) mass is 187 g/mol. The van der Waals surface area contributed by atoms with Crippen LogP contribution >= 0.6 is 0 Å². The van der Waals surface area contributed by atoms with E-state index in [2.05, 4.69) is 33.7 Å². The Morgan fingerprint density at radius 1 is 1.43 bits per heavy atom. The average Bonchev–Trinajstić information content (AvgIpc) is 2.26. The molecule has 0 saturated heterocycles. The Balaban J connectivity index is 2.30. The van der Waals surface area contributed by atoms with E-state index in [0.29, 0.717) is 0 Å². The van der Waals surface area contributed by atoms with Crippen molar-refractivity contribution in [2.24, 2.45) is 10.1 Å². The van der Waals surface area contributed by atoms with E-state index in [1.807, 2.05) is 13.0 Å². The van der Waals surface area contributed by atoms with Crippen molar-refractivity contribution in [3.63, 3.8) is 0 Å². The van der Waals surface area contributed by atoms with Gasteiger partial charge >= 0.3 is 0 Å². The van der Waals surface area contributed by atoms with Crippen molar-refractivity contribution in [3.05, 3.63) is 35.4 Å². The fraction of sp³-hybridized carbons (Fsp3) is 0.273. The van der Waals surface area contributed by atoms with E-state index in [4.69, 9.17) is 0 Å². The van der Waals surface area contributed by atoms with Gasteiger partial charge in [-0.3, -0.25) is 10.4 Å². The Morgan fingerprint density at radius 3 is 3.14 bits per heavy atom. The van der Waals surface area contributed by atoms with Crippen LogP contribution in [0.3, 0.4) is 0 Å². The van der Waals surface area contributed by atoms with Gasteiger partial charge in [0, 0.05) is 18.3 Å². The van der Waals surface area contributed by atoms with Crippen molar-refractivity contribution >= 4 is 12.1 Å². The zero-order valence-electron chi connectivity index (χ0n) is 8.20. The highest BCUT2D eigenvalue weighted by Gasteiger charge is 2.11. The van der Waals surface area contributed by atoms with Gasteiger partial charge in [-0.15, -0.1) is 0 Å². The molecular weight excluding hydrogens is 174 g/mol. The number of nitrogens with one attached hydrogen (secondary N) is 1. The van der Waals surface area contributed by atoms with Crippen LogP contribution in [0.2, 0.25) is 0 Å². The first-order valence-electron chi connectivity index (χ1n) is 4.78. The van der Waals surface area contributed by atoms with Crippen molar-refractivity contribution in [1.29, 1.82) is 0 Å². The molecule has 3 heteroatoms. The fourth-order valence-electron chi connectivity index (χ4n) is 1.56. The number of benzene rings is 1. The van der Waals surface area contributed by atoms with E-state index in [0.717, 1.165) is 18.8 Å². The summed E-state index contributed by atoms with van der Waals surface area (Å²) in [7, 11) is 0. The van der Waals surface area contributed by atoms with Crippen molar-refractivity contribution < 1.29 is 0 Å². The van der Waals surface area contributed by atoms with E-state index in [1.54, 1.807) is 6.21 Å². The summed E-state index contributed by atoms with van der Waals surface area (Å²) in [6.45, 7) is 2.72. The molecule has 1 aromatic rings. The van der Waals surface area contributed by atoms with Gasteiger partial charge in [0.2, 0.25) is 0 Å². The van der Waals surface area contributed by atoms with E-state index in [-0.39, 0.29) is 0 Å². The molecule has 1 aliphatic rings. The summed E-state index contributed by atoms with van der Waals surface area (Å²) in [5.41, 5.74) is 5.46. The Morgan fingerprint density at radius 2 is 2.29 bits per heavy atom. The number of hydrazone groups is 1. The second kappa shape index (κ2) is 4.05. The van der Waals surface area contributed by atoms with Gasteiger partial charge in [0.05, 0.1) is 0 Å². The van der Waals surface area contributed by atoms with Crippen LogP contribution in [0.4, 0.5) is 0 Å². The minimum Gasteiger partial charge on any atom is -0.266 e. The molecule has 1 heterocycles. The molecule has 1 aliphatic heterocycles. The largest absolute Gasteiger partial charge is 0.266 e. The maximum atomic E-state index is 4.40. The summed E-state index contributed by atoms with van der Waals surface area (Å²) in [6.07, 6.45) is 2.75. The third kappa shape index (κ3) is 1.66. The second-order valence-corrected chi connectivity index (χ2v) is 3.14. The summed E-state index contributed by atoms with van der Waals surface area (Å²) in [4.78, 5) is 4.40. The summed E-state index contributed by atoms with van der Waals surface area (Å²) in [5.74, 6) is 0.880. The Labute approximate surface area is 83.6 Å². The van der Waals surface area contributed by atoms with Gasteiger partial charge in [-0.2, -0.15) is 5.10 Å². The molecule has 0 radical (unpaired) electrons. The summed E-state index contributed by atoms with van der Waals surface area (Å²) >= 11 is 0. The molecule has 3 nitrogen and oxygen atoms in total. The van der Waals surface area contributed by atoms with Crippen LogP contribution in [0.1, 0.15) is 18.1 Å². The molecular formula is C11H13N3. The first-order chi connectivity index (χ1) is 6.92. The predicted molar refractivity (Wildman–Crippen MR) is 58.9 cm³/mol. The van der Waals surface area contributed by atoms with E-state index >= 15 is 0 Å². The lowest BCUT2D eigenvalue weighted by Gasteiger charge is -2.15. The van der Waals surface area contributed by atoms with Crippen LogP contribution in [0.25, 0.3) is 0 Å². The molecule has 0 unspecified atom stereocenters. The number of fused-ring (bicyclic) bond motifs is 1. The van der Waals surface area contributed by atoms with E-state index in [1.165, 1.54) is 11.1 Å².